The molecule has 0 aliphatic carbocycles. The van der Waals surface area contributed by atoms with Crippen LogP contribution in [0.5, 0.6) is 0 Å². The van der Waals surface area contributed by atoms with Gasteiger partial charge >= 0.3 is 0 Å². The minimum Gasteiger partial charge on any atom is -0.309 e. The van der Waals surface area contributed by atoms with Gasteiger partial charge in [-0.2, -0.15) is 0 Å². The highest BCUT2D eigenvalue weighted by Gasteiger charge is 2.27. The van der Waals surface area contributed by atoms with Gasteiger partial charge in [0.15, 0.2) is 0 Å². The van der Waals surface area contributed by atoms with Crippen LogP contribution in [0.1, 0.15) is 0 Å². The highest BCUT2D eigenvalue weighted by atomic mass is 35.5. The van der Waals surface area contributed by atoms with Gasteiger partial charge in [0.1, 0.15) is 0 Å². The van der Waals surface area contributed by atoms with Crippen LogP contribution >= 0.6 is 11.6 Å². The molecule has 0 unspecified atom stereocenters. The molecule has 5 heteroatoms. The Balaban J connectivity index is 1.23. The third-order valence-electron chi connectivity index (χ3n) is 12.4. The van der Waals surface area contributed by atoms with E-state index >= 15 is 0 Å². The largest absolute Gasteiger partial charge is 0.309 e. The molecule has 69 heavy (non-hydrogen) atoms. The number of aromatic nitrogens is 2. The Morgan fingerprint density at radius 1 is 0.261 bits per heavy atom. The molecule has 328 valence electrons. The molecule has 9 aromatic carbocycles. The van der Waals surface area contributed by atoms with Gasteiger partial charge in [-0.3, -0.25) is 9.97 Å². The van der Waals surface area contributed by atoms with Crippen molar-refractivity contribution < 1.29 is 0 Å². The fourth-order valence-corrected chi connectivity index (χ4v) is 9.54. The lowest BCUT2D eigenvalue weighted by molar-refractivity contribution is 1.25. The summed E-state index contributed by atoms with van der Waals surface area (Å²) < 4.78 is 0. The molecule has 2 aromatic heterocycles. The number of rotatable bonds is 12. The zero-order valence-corrected chi connectivity index (χ0v) is 38.4. The van der Waals surface area contributed by atoms with Crippen molar-refractivity contribution >= 4 is 45.7 Å². The number of benzene rings is 9. The van der Waals surface area contributed by atoms with Crippen molar-refractivity contribution in [2.75, 3.05) is 9.80 Å². The van der Waals surface area contributed by atoms with Gasteiger partial charge < -0.3 is 9.80 Å². The van der Waals surface area contributed by atoms with E-state index in [1.165, 1.54) is 0 Å². The van der Waals surface area contributed by atoms with Crippen molar-refractivity contribution in [3.63, 3.8) is 0 Å². The summed E-state index contributed by atoms with van der Waals surface area (Å²) in [6.07, 6.45) is 7.46. The molecule has 0 spiro atoms. The van der Waals surface area contributed by atoms with Gasteiger partial charge in [0.25, 0.3) is 0 Å². The summed E-state index contributed by atoms with van der Waals surface area (Å²) >= 11 is 7.60. The molecule has 4 nitrogen and oxygen atoms in total. The van der Waals surface area contributed by atoms with Crippen LogP contribution in [0.2, 0.25) is 5.02 Å². The van der Waals surface area contributed by atoms with Crippen LogP contribution in [-0.4, -0.2) is 9.97 Å². The Hall–Kier alpha value is -8.83. The van der Waals surface area contributed by atoms with Gasteiger partial charge in [-0.1, -0.05) is 206 Å². The van der Waals surface area contributed by atoms with Crippen molar-refractivity contribution in [2.24, 2.45) is 0 Å². The number of anilines is 6. The fourth-order valence-electron chi connectivity index (χ4n) is 9.32. The third-order valence-corrected chi connectivity index (χ3v) is 12.7. The summed E-state index contributed by atoms with van der Waals surface area (Å²) in [5, 5.41) is 0.584. The number of hydrogen-bond acceptors (Lipinski definition) is 4. The van der Waals surface area contributed by atoms with Gasteiger partial charge in [0, 0.05) is 85.9 Å². The number of halogens is 1. The minimum atomic E-state index is 0.584. The van der Waals surface area contributed by atoms with Crippen LogP contribution < -0.4 is 9.80 Å². The van der Waals surface area contributed by atoms with E-state index in [0.29, 0.717) is 5.02 Å². The van der Waals surface area contributed by atoms with Gasteiger partial charge in [-0.25, -0.2) is 0 Å². The Labute approximate surface area is 408 Å². The highest BCUT2D eigenvalue weighted by Crippen LogP contribution is 2.52. The van der Waals surface area contributed by atoms with Crippen LogP contribution in [0, 0.1) is 0 Å². The Morgan fingerprint density at radius 3 is 0.913 bits per heavy atom. The van der Waals surface area contributed by atoms with Gasteiger partial charge in [-0.15, -0.1) is 0 Å². The number of nitrogens with zero attached hydrogens (tertiary/aromatic N) is 4. The quantitative estimate of drug-likeness (QED) is 0.122. The average molecular weight is 906 g/mol. The molecule has 0 N–H and O–H groups in total. The number of para-hydroxylation sites is 2. The zero-order chi connectivity index (χ0) is 46.4. The molecule has 0 saturated carbocycles. The number of hydrogen-bond donors (Lipinski definition) is 0. The van der Waals surface area contributed by atoms with E-state index in [9.17, 15) is 0 Å². The van der Waals surface area contributed by atoms with Crippen LogP contribution in [0.3, 0.4) is 0 Å². The summed E-state index contributed by atoms with van der Waals surface area (Å²) in [6, 6.07) is 87.8. The van der Waals surface area contributed by atoms with E-state index in [4.69, 9.17) is 11.6 Å². The molecule has 0 atom stereocenters. The van der Waals surface area contributed by atoms with E-state index in [-0.39, 0.29) is 0 Å². The molecule has 0 aliphatic rings. The number of pyridine rings is 2. The van der Waals surface area contributed by atoms with Crippen molar-refractivity contribution in [1.82, 2.24) is 9.97 Å². The van der Waals surface area contributed by atoms with Crippen LogP contribution in [0.4, 0.5) is 34.1 Å². The second-order valence-corrected chi connectivity index (χ2v) is 17.2. The zero-order valence-electron chi connectivity index (χ0n) is 37.6. The van der Waals surface area contributed by atoms with Crippen molar-refractivity contribution in [1.29, 1.82) is 0 Å². The maximum atomic E-state index is 7.60. The first-order valence-corrected chi connectivity index (χ1v) is 23.4. The Morgan fingerprint density at radius 2 is 0.580 bits per heavy atom. The van der Waals surface area contributed by atoms with Crippen LogP contribution in [0.15, 0.2) is 274 Å². The molecule has 11 rings (SSSR count). The van der Waals surface area contributed by atoms with Gasteiger partial charge in [0.2, 0.25) is 0 Å². The third kappa shape index (κ3) is 8.93. The van der Waals surface area contributed by atoms with Crippen LogP contribution in [0.25, 0.3) is 66.8 Å². The van der Waals surface area contributed by atoms with E-state index in [2.05, 4.69) is 256 Å². The first-order chi connectivity index (χ1) is 34.2. The van der Waals surface area contributed by atoms with E-state index in [1.807, 2.05) is 36.9 Å². The summed E-state index contributed by atoms with van der Waals surface area (Å²) in [7, 11) is 0. The monoisotopic (exact) mass is 904 g/mol. The SMILES string of the molecule is Clc1cc(N(c2cccc(-c3cccnc3)c2)c2c(-c3ccccc3)cccc2-c2ccccc2)cc(N(c2cccc(-c3cccnc3)c2)c2c(-c3ccccc3)cccc2-c2ccccc2)c1. The van der Waals surface area contributed by atoms with Crippen molar-refractivity contribution in [3.8, 4) is 66.8 Å². The van der Waals surface area contributed by atoms with E-state index < -0.39 is 0 Å². The molecule has 2 heterocycles. The van der Waals surface area contributed by atoms with E-state index in [1.54, 1.807) is 0 Å². The lowest BCUT2D eigenvalue weighted by Gasteiger charge is -2.34. The van der Waals surface area contributed by atoms with E-state index in [0.717, 1.165) is 101 Å². The van der Waals surface area contributed by atoms with Gasteiger partial charge in [0.05, 0.1) is 11.4 Å². The molecule has 0 amide bonds. The predicted octanol–water partition coefficient (Wildman–Crippen LogP) is 18.1. The maximum absolute atomic E-state index is 7.60. The van der Waals surface area contributed by atoms with Crippen molar-refractivity contribution in [3.05, 3.63) is 279 Å². The maximum Gasteiger partial charge on any atom is 0.0618 e. The first kappa shape index (κ1) is 42.8. The van der Waals surface area contributed by atoms with Crippen LogP contribution in [-0.2, 0) is 0 Å². The minimum absolute atomic E-state index is 0.584. The molecule has 0 aliphatic heterocycles. The standard InChI is InChI=1S/C64H45ClN4/c65-54-41-57(68(55-31-13-27-50(39-55)52-29-17-37-66-44-52)63-59(46-19-5-1-6-20-46)33-15-34-60(63)47-21-7-2-8-22-47)43-58(42-54)69(56-32-14-28-51(40-56)53-30-18-38-67-45-53)64-61(48-23-9-3-10-24-48)35-16-36-62(64)49-25-11-4-12-26-49/h1-45H. The molecular weight excluding hydrogens is 860 g/mol. The second kappa shape index (κ2) is 19.6. The molecule has 0 saturated heterocycles. The second-order valence-electron chi connectivity index (χ2n) is 16.8. The molecule has 0 radical (unpaired) electrons. The summed E-state index contributed by atoms with van der Waals surface area (Å²) in [5.41, 5.74) is 18.6. The Bertz CT molecular complexity index is 3150. The smallest absolute Gasteiger partial charge is 0.0618 e. The molecule has 0 bridgehead atoms. The molecular formula is C64H45ClN4. The molecule has 11 aromatic rings. The summed E-state index contributed by atoms with van der Waals surface area (Å²) in [5.74, 6) is 0. The normalized spacial score (nSPS) is 11.0. The summed E-state index contributed by atoms with van der Waals surface area (Å²) in [4.78, 5) is 13.8. The Kier molecular flexibility index (Phi) is 12.1. The highest BCUT2D eigenvalue weighted by molar-refractivity contribution is 6.31. The molecule has 0 fully saturated rings. The lowest BCUT2D eigenvalue weighted by Crippen LogP contribution is -2.16. The topological polar surface area (TPSA) is 32.3 Å². The summed E-state index contributed by atoms with van der Waals surface area (Å²) in [6.45, 7) is 0. The first-order valence-electron chi connectivity index (χ1n) is 23.1. The lowest BCUT2D eigenvalue weighted by atomic mass is 9.93. The average Bonchev–Trinajstić information content (AvgIpc) is 3.42. The fraction of sp³-hybridized carbons (Fsp3) is 0. The van der Waals surface area contributed by atoms with Gasteiger partial charge in [-0.05, 0) is 88.0 Å². The van der Waals surface area contributed by atoms with Crippen molar-refractivity contribution in [2.45, 2.75) is 0 Å². The predicted molar refractivity (Wildman–Crippen MR) is 289 cm³/mol.